The second kappa shape index (κ2) is 5.12. The Morgan fingerprint density at radius 3 is 2.67 bits per heavy atom. The molecular formula is C12H18FNO. The summed E-state index contributed by atoms with van der Waals surface area (Å²) in [5, 5.41) is 0. The molecule has 3 heteroatoms. The molecule has 0 heterocycles. The summed E-state index contributed by atoms with van der Waals surface area (Å²) in [6, 6.07) is 3.24. The van der Waals surface area contributed by atoms with Crippen LogP contribution in [0.25, 0.3) is 0 Å². The van der Waals surface area contributed by atoms with Gasteiger partial charge in [0.2, 0.25) is 0 Å². The quantitative estimate of drug-likeness (QED) is 0.830. The van der Waals surface area contributed by atoms with Crippen molar-refractivity contribution in [2.75, 3.05) is 7.11 Å². The molecule has 15 heavy (non-hydrogen) atoms. The molecule has 0 aromatic heterocycles. The molecule has 1 aromatic rings. The van der Waals surface area contributed by atoms with Crippen molar-refractivity contribution in [1.29, 1.82) is 0 Å². The number of nitrogens with two attached hydrogens (primary N) is 1. The minimum absolute atomic E-state index is 0.00640. The summed E-state index contributed by atoms with van der Waals surface area (Å²) in [7, 11) is 1.59. The van der Waals surface area contributed by atoms with Crippen molar-refractivity contribution in [2.24, 2.45) is 5.73 Å². The molecule has 0 saturated heterocycles. The number of benzene rings is 1. The Morgan fingerprint density at radius 2 is 2.13 bits per heavy atom. The monoisotopic (exact) mass is 211 g/mol. The fourth-order valence-corrected chi connectivity index (χ4v) is 1.50. The van der Waals surface area contributed by atoms with E-state index in [9.17, 15) is 4.39 Å². The molecule has 1 unspecified atom stereocenters. The van der Waals surface area contributed by atoms with Crippen LogP contribution in [0.3, 0.4) is 0 Å². The van der Waals surface area contributed by atoms with Gasteiger partial charge in [-0.2, -0.15) is 0 Å². The Balaban J connectivity index is 2.97. The fourth-order valence-electron chi connectivity index (χ4n) is 1.50. The van der Waals surface area contributed by atoms with Gasteiger partial charge in [0.1, 0.15) is 11.6 Å². The first-order valence-corrected chi connectivity index (χ1v) is 5.17. The van der Waals surface area contributed by atoms with Crippen LogP contribution in [0.2, 0.25) is 0 Å². The molecule has 2 nitrogen and oxygen atoms in total. The van der Waals surface area contributed by atoms with Crippen LogP contribution in [-0.2, 0) is 6.42 Å². The first-order chi connectivity index (χ1) is 7.08. The average molecular weight is 211 g/mol. The van der Waals surface area contributed by atoms with E-state index in [1.165, 1.54) is 6.07 Å². The van der Waals surface area contributed by atoms with Crippen LogP contribution in [0, 0.1) is 12.7 Å². The molecule has 1 aromatic carbocycles. The highest BCUT2D eigenvalue weighted by molar-refractivity contribution is 5.37. The van der Waals surface area contributed by atoms with Gasteiger partial charge in [0, 0.05) is 6.04 Å². The average Bonchev–Trinajstić information content (AvgIpc) is 2.21. The van der Waals surface area contributed by atoms with E-state index in [1.807, 2.05) is 13.8 Å². The molecule has 0 radical (unpaired) electrons. The lowest BCUT2D eigenvalue weighted by atomic mass is 10.0. The lowest BCUT2D eigenvalue weighted by molar-refractivity contribution is 0.409. The lowest BCUT2D eigenvalue weighted by Gasteiger charge is -2.12. The van der Waals surface area contributed by atoms with Crippen molar-refractivity contribution in [2.45, 2.75) is 32.7 Å². The molecule has 0 saturated carbocycles. The van der Waals surface area contributed by atoms with Gasteiger partial charge in [0.25, 0.3) is 0 Å². The third-order valence-electron chi connectivity index (χ3n) is 2.57. The van der Waals surface area contributed by atoms with E-state index in [1.54, 1.807) is 13.2 Å². The molecule has 0 aliphatic heterocycles. The van der Waals surface area contributed by atoms with Crippen molar-refractivity contribution in [3.8, 4) is 5.75 Å². The number of hydrogen-bond donors (Lipinski definition) is 1. The number of hydrogen-bond acceptors (Lipinski definition) is 2. The van der Waals surface area contributed by atoms with E-state index >= 15 is 0 Å². The van der Waals surface area contributed by atoms with E-state index in [-0.39, 0.29) is 11.9 Å². The minimum atomic E-state index is -0.197. The molecule has 84 valence electrons. The van der Waals surface area contributed by atoms with Crippen LogP contribution >= 0.6 is 0 Å². The predicted octanol–water partition coefficient (Wildman–Crippen LogP) is 2.42. The molecule has 0 bridgehead atoms. The topological polar surface area (TPSA) is 35.2 Å². The summed E-state index contributed by atoms with van der Waals surface area (Å²) in [6.45, 7) is 3.82. The van der Waals surface area contributed by atoms with Crippen molar-refractivity contribution in [1.82, 2.24) is 0 Å². The molecule has 0 aliphatic carbocycles. The van der Waals surface area contributed by atoms with Gasteiger partial charge in [-0.05, 0) is 43.0 Å². The van der Waals surface area contributed by atoms with Crippen LogP contribution in [-0.4, -0.2) is 13.2 Å². The number of aryl methyl sites for hydroxylation is 1. The van der Waals surface area contributed by atoms with Gasteiger partial charge in [0.05, 0.1) is 7.11 Å². The van der Waals surface area contributed by atoms with Crippen molar-refractivity contribution >= 4 is 0 Å². The second-order valence-corrected chi connectivity index (χ2v) is 3.79. The maximum Gasteiger partial charge on any atom is 0.126 e. The van der Waals surface area contributed by atoms with E-state index in [0.717, 1.165) is 17.7 Å². The number of methoxy groups -OCH3 is 1. The van der Waals surface area contributed by atoms with Gasteiger partial charge in [-0.15, -0.1) is 0 Å². The first kappa shape index (κ1) is 12.0. The zero-order chi connectivity index (χ0) is 11.4. The maximum absolute atomic E-state index is 13.6. The zero-order valence-electron chi connectivity index (χ0n) is 9.51. The van der Waals surface area contributed by atoms with Gasteiger partial charge in [-0.3, -0.25) is 0 Å². The molecule has 1 atom stereocenters. The number of ether oxygens (including phenoxy) is 1. The highest BCUT2D eigenvalue weighted by Crippen LogP contribution is 2.23. The SMILES string of the molecule is CCC(N)Cc1cc(OC)c(C)cc1F. The van der Waals surface area contributed by atoms with Crippen LogP contribution in [0.4, 0.5) is 4.39 Å². The Bertz CT molecular complexity index is 339. The third kappa shape index (κ3) is 2.93. The summed E-state index contributed by atoms with van der Waals surface area (Å²) in [5.74, 6) is 0.520. The summed E-state index contributed by atoms with van der Waals surface area (Å²) in [5.41, 5.74) is 7.24. The highest BCUT2D eigenvalue weighted by Gasteiger charge is 2.10. The summed E-state index contributed by atoms with van der Waals surface area (Å²) >= 11 is 0. The minimum Gasteiger partial charge on any atom is -0.496 e. The third-order valence-corrected chi connectivity index (χ3v) is 2.57. The smallest absolute Gasteiger partial charge is 0.126 e. The van der Waals surface area contributed by atoms with Gasteiger partial charge >= 0.3 is 0 Å². The summed E-state index contributed by atoms with van der Waals surface area (Å²) in [4.78, 5) is 0. The van der Waals surface area contributed by atoms with Gasteiger partial charge < -0.3 is 10.5 Å². The zero-order valence-corrected chi connectivity index (χ0v) is 9.51. The summed E-state index contributed by atoms with van der Waals surface area (Å²) < 4.78 is 18.7. The molecule has 1 rings (SSSR count). The van der Waals surface area contributed by atoms with E-state index in [0.29, 0.717) is 12.0 Å². The van der Waals surface area contributed by atoms with Gasteiger partial charge in [0.15, 0.2) is 0 Å². The van der Waals surface area contributed by atoms with Crippen molar-refractivity contribution in [3.63, 3.8) is 0 Å². The summed E-state index contributed by atoms with van der Waals surface area (Å²) in [6.07, 6.45) is 1.40. The van der Waals surface area contributed by atoms with E-state index in [4.69, 9.17) is 10.5 Å². The lowest BCUT2D eigenvalue weighted by Crippen LogP contribution is -2.22. The second-order valence-electron chi connectivity index (χ2n) is 3.79. The van der Waals surface area contributed by atoms with E-state index < -0.39 is 0 Å². The molecule has 0 amide bonds. The van der Waals surface area contributed by atoms with Crippen molar-refractivity contribution in [3.05, 3.63) is 29.1 Å². The van der Waals surface area contributed by atoms with E-state index in [2.05, 4.69) is 0 Å². The predicted molar refractivity (Wildman–Crippen MR) is 59.7 cm³/mol. The maximum atomic E-state index is 13.6. The van der Waals surface area contributed by atoms with Gasteiger partial charge in [-0.25, -0.2) is 4.39 Å². The molecule has 2 N–H and O–H groups in total. The van der Waals surface area contributed by atoms with Crippen LogP contribution < -0.4 is 10.5 Å². The molecular weight excluding hydrogens is 193 g/mol. The standard InChI is InChI=1S/C12H18FNO/c1-4-10(14)6-9-7-12(15-3)8(2)5-11(9)13/h5,7,10H,4,6,14H2,1-3H3. The Labute approximate surface area is 90.2 Å². The Hall–Kier alpha value is -1.09. The fraction of sp³-hybridized carbons (Fsp3) is 0.500. The van der Waals surface area contributed by atoms with Crippen LogP contribution in [0.15, 0.2) is 12.1 Å². The number of halogens is 1. The highest BCUT2D eigenvalue weighted by atomic mass is 19.1. The largest absolute Gasteiger partial charge is 0.496 e. The molecule has 0 spiro atoms. The Morgan fingerprint density at radius 1 is 1.47 bits per heavy atom. The number of rotatable bonds is 4. The normalized spacial score (nSPS) is 12.6. The first-order valence-electron chi connectivity index (χ1n) is 5.17. The van der Waals surface area contributed by atoms with Crippen molar-refractivity contribution < 1.29 is 9.13 Å². The Kier molecular flexibility index (Phi) is 4.09. The molecule has 0 fully saturated rings. The van der Waals surface area contributed by atoms with Crippen LogP contribution in [0.1, 0.15) is 24.5 Å². The van der Waals surface area contributed by atoms with Gasteiger partial charge in [-0.1, -0.05) is 6.92 Å². The van der Waals surface area contributed by atoms with Crippen LogP contribution in [0.5, 0.6) is 5.75 Å². The molecule has 0 aliphatic rings.